The Bertz CT molecular complexity index is 446. The smallest absolute Gasteiger partial charge is 0.162 e. The number of hydrogen-bond donors (Lipinski definition) is 1. The molecule has 1 N–H and O–H groups in total. The van der Waals surface area contributed by atoms with Gasteiger partial charge in [0.1, 0.15) is 0 Å². The van der Waals surface area contributed by atoms with Gasteiger partial charge in [0.05, 0.1) is 14.2 Å². The van der Waals surface area contributed by atoms with Crippen molar-refractivity contribution in [1.82, 2.24) is 0 Å². The molecule has 2 bridgehead atoms. The molecule has 0 spiro atoms. The Kier molecular flexibility index (Phi) is 3.54. The lowest BCUT2D eigenvalue weighted by Crippen LogP contribution is -2.20. The Hall–Kier alpha value is -1.38. The normalized spacial score (nSPS) is 28.4. The first-order chi connectivity index (χ1) is 9.30. The molecule has 0 heterocycles. The van der Waals surface area contributed by atoms with Gasteiger partial charge < -0.3 is 14.8 Å². The van der Waals surface area contributed by atoms with Crippen LogP contribution < -0.4 is 14.8 Å². The van der Waals surface area contributed by atoms with Crippen molar-refractivity contribution in [1.29, 1.82) is 0 Å². The van der Waals surface area contributed by atoms with Crippen molar-refractivity contribution >= 4 is 5.69 Å². The maximum Gasteiger partial charge on any atom is 0.162 e. The lowest BCUT2D eigenvalue weighted by Gasteiger charge is -2.22. The molecule has 3 atom stereocenters. The van der Waals surface area contributed by atoms with E-state index in [1.807, 2.05) is 12.1 Å². The van der Waals surface area contributed by atoms with Crippen LogP contribution in [0.4, 0.5) is 5.69 Å². The first kappa shape index (κ1) is 12.6. The minimum atomic E-state index is 0.785. The highest BCUT2D eigenvalue weighted by atomic mass is 16.5. The summed E-state index contributed by atoms with van der Waals surface area (Å²) >= 11 is 0. The van der Waals surface area contributed by atoms with Gasteiger partial charge in [0, 0.05) is 18.3 Å². The topological polar surface area (TPSA) is 30.5 Å². The van der Waals surface area contributed by atoms with Gasteiger partial charge in [-0.05, 0) is 49.1 Å². The predicted molar refractivity (Wildman–Crippen MR) is 77.0 cm³/mol. The highest BCUT2D eigenvalue weighted by Crippen LogP contribution is 2.48. The number of hydrogen-bond acceptors (Lipinski definition) is 3. The average Bonchev–Trinajstić information content (AvgIpc) is 3.07. The molecule has 3 nitrogen and oxygen atoms in total. The fourth-order valence-electron chi connectivity index (χ4n) is 3.82. The molecule has 0 radical (unpaired) electrons. The minimum absolute atomic E-state index is 0.785. The van der Waals surface area contributed by atoms with Crippen LogP contribution in [0.25, 0.3) is 0 Å². The van der Waals surface area contributed by atoms with Crippen LogP contribution in [-0.2, 0) is 0 Å². The summed E-state index contributed by atoms with van der Waals surface area (Å²) in [4.78, 5) is 0. The zero-order valence-corrected chi connectivity index (χ0v) is 11.8. The van der Waals surface area contributed by atoms with E-state index in [2.05, 4.69) is 11.4 Å². The number of methoxy groups -OCH3 is 2. The molecule has 1 aromatic rings. The Labute approximate surface area is 115 Å². The molecular weight excluding hydrogens is 238 g/mol. The van der Waals surface area contributed by atoms with Crippen LogP contribution in [0.5, 0.6) is 11.5 Å². The average molecular weight is 261 g/mol. The predicted octanol–water partition coefficient (Wildman–Crippen LogP) is 3.55. The van der Waals surface area contributed by atoms with E-state index in [1.165, 1.54) is 25.7 Å². The van der Waals surface area contributed by atoms with E-state index in [-0.39, 0.29) is 0 Å². The molecule has 3 heteroatoms. The Morgan fingerprint density at radius 3 is 2.58 bits per heavy atom. The van der Waals surface area contributed by atoms with Crippen LogP contribution >= 0.6 is 0 Å². The van der Waals surface area contributed by atoms with Crippen LogP contribution in [0.1, 0.15) is 25.7 Å². The standard InChI is InChI=1S/C16H23NO2/c1-18-15-6-5-14(9-16(15)19-2)17-10-13-8-11-3-4-12(13)7-11/h5-6,9,11-13,17H,3-4,7-8,10H2,1-2H3. The zero-order chi connectivity index (χ0) is 13.2. The van der Waals surface area contributed by atoms with Gasteiger partial charge in [-0.25, -0.2) is 0 Å². The molecule has 0 amide bonds. The highest BCUT2D eigenvalue weighted by Gasteiger charge is 2.38. The number of rotatable bonds is 5. The lowest BCUT2D eigenvalue weighted by atomic mass is 9.89. The summed E-state index contributed by atoms with van der Waals surface area (Å²) in [5.41, 5.74) is 1.13. The monoisotopic (exact) mass is 261 g/mol. The molecule has 2 saturated carbocycles. The summed E-state index contributed by atoms with van der Waals surface area (Å²) in [7, 11) is 3.35. The van der Waals surface area contributed by atoms with E-state index in [0.29, 0.717) is 0 Å². The third kappa shape index (κ3) is 2.51. The van der Waals surface area contributed by atoms with Crippen molar-refractivity contribution in [2.45, 2.75) is 25.7 Å². The van der Waals surface area contributed by atoms with Crippen LogP contribution in [0.3, 0.4) is 0 Å². The van der Waals surface area contributed by atoms with Crippen molar-refractivity contribution < 1.29 is 9.47 Å². The molecule has 2 fully saturated rings. The Balaban J connectivity index is 1.60. The molecule has 0 aromatic heterocycles. The third-order valence-electron chi connectivity index (χ3n) is 4.84. The molecule has 0 aliphatic heterocycles. The molecule has 104 valence electrons. The van der Waals surface area contributed by atoms with Crippen molar-refractivity contribution in [2.75, 3.05) is 26.1 Å². The van der Waals surface area contributed by atoms with Crippen LogP contribution in [0.15, 0.2) is 18.2 Å². The number of benzene rings is 1. The zero-order valence-electron chi connectivity index (χ0n) is 11.8. The number of nitrogens with one attached hydrogen (secondary N) is 1. The van der Waals surface area contributed by atoms with Gasteiger partial charge in [-0.15, -0.1) is 0 Å². The number of ether oxygens (including phenoxy) is 2. The first-order valence-corrected chi connectivity index (χ1v) is 7.26. The molecule has 2 aliphatic carbocycles. The van der Waals surface area contributed by atoms with Crippen LogP contribution in [0, 0.1) is 17.8 Å². The van der Waals surface area contributed by atoms with Gasteiger partial charge in [-0.1, -0.05) is 6.42 Å². The fraction of sp³-hybridized carbons (Fsp3) is 0.625. The quantitative estimate of drug-likeness (QED) is 0.879. The Morgan fingerprint density at radius 1 is 1.11 bits per heavy atom. The van der Waals surface area contributed by atoms with E-state index < -0.39 is 0 Å². The van der Waals surface area contributed by atoms with E-state index in [1.54, 1.807) is 14.2 Å². The van der Waals surface area contributed by atoms with E-state index in [9.17, 15) is 0 Å². The van der Waals surface area contributed by atoms with Crippen molar-refractivity contribution in [3.63, 3.8) is 0 Å². The number of fused-ring (bicyclic) bond motifs is 2. The molecular formula is C16H23NO2. The van der Waals surface area contributed by atoms with E-state index >= 15 is 0 Å². The van der Waals surface area contributed by atoms with Crippen molar-refractivity contribution in [2.24, 2.45) is 17.8 Å². The Morgan fingerprint density at radius 2 is 1.95 bits per heavy atom. The number of anilines is 1. The fourth-order valence-corrected chi connectivity index (χ4v) is 3.82. The van der Waals surface area contributed by atoms with E-state index in [4.69, 9.17) is 9.47 Å². The largest absolute Gasteiger partial charge is 0.493 e. The van der Waals surface area contributed by atoms with Gasteiger partial charge >= 0.3 is 0 Å². The van der Waals surface area contributed by atoms with Crippen LogP contribution in [0.2, 0.25) is 0 Å². The highest BCUT2D eigenvalue weighted by molar-refractivity contribution is 5.54. The maximum absolute atomic E-state index is 5.33. The van der Waals surface area contributed by atoms with Gasteiger partial charge in [0.2, 0.25) is 0 Å². The molecule has 19 heavy (non-hydrogen) atoms. The summed E-state index contributed by atoms with van der Waals surface area (Å²) in [6, 6.07) is 6.04. The second-order valence-corrected chi connectivity index (χ2v) is 5.89. The molecule has 2 aliphatic rings. The van der Waals surface area contributed by atoms with Crippen LogP contribution in [-0.4, -0.2) is 20.8 Å². The molecule has 0 saturated heterocycles. The maximum atomic E-state index is 5.33. The third-order valence-corrected chi connectivity index (χ3v) is 4.84. The summed E-state index contributed by atoms with van der Waals surface area (Å²) < 4.78 is 10.6. The van der Waals surface area contributed by atoms with Gasteiger partial charge in [0.15, 0.2) is 11.5 Å². The summed E-state index contributed by atoms with van der Waals surface area (Å²) in [6.07, 6.45) is 5.81. The van der Waals surface area contributed by atoms with Crippen molar-refractivity contribution in [3.05, 3.63) is 18.2 Å². The van der Waals surface area contributed by atoms with E-state index in [0.717, 1.165) is 41.5 Å². The second kappa shape index (κ2) is 5.32. The second-order valence-electron chi connectivity index (χ2n) is 5.89. The van der Waals surface area contributed by atoms with Gasteiger partial charge in [0.25, 0.3) is 0 Å². The van der Waals surface area contributed by atoms with Gasteiger partial charge in [-0.3, -0.25) is 0 Å². The molecule has 3 unspecified atom stereocenters. The lowest BCUT2D eigenvalue weighted by molar-refractivity contribution is 0.347. The summed E-state index contributed by atoms with van der Waals surface area (Å²) in [5.74, 6) is 4.43. The van der Waals surface area contributed by atoms with Gasteiger partial charge in [-0.2, -0.15) is 0 Å². The summed E-state index contributed by atoms with van der Waals surface area (Å²) in [5, 5.41) is 3.56. The SMILES string of the molecule is COc1ccc(NCC2CC3CCC2C3)cc1OC. The molecule has 1 aromatic carbocycles. The molecule has 3 rings (SSSR count). The summed E-state index contributed by atoms with van der Waals surface area (Å²) in [6.45, 7) is 1.09. The minimum Gasteiger partial charge on any atom is -0.493 e. The van der Waals surface area contributed by atoms with Crippen molar-refractivity contribution in [3.8, 4) is 11.5 Å². The first-order valence-electron chi connectivity index (χ1n) is 7.26.